The lowest BCUT2D eigenvalue weighted by atomic mass is 9.95. The molecule has 1 aromatic carbocycles. The van der Waals surface area contributed by atoms with Gasteiger partial charge in [-0.2, -0.15) is 0 Å². The van der Waals surface area contributed by atoms with E-state index in [-0.39, 0.29) is 0 Å². The van der Waals surface area contributed by atoms with Gasteiger partial charge in [0.1, 0.15) is 0 Å². The van der Waals surface area contributed by atoms with Gasteiger partial charge in [-0.1, -0.05) is 31.4 Å². The third-order valence-electron chi connectivity index (χ3n) is 4.64. The highest BCUT2D eigenvalue weighted by Gasteiger charge is 2.19. The lowest BCUT2D eigenvalue weighted by molar-refractivity contribution is 0.622. The zero-order chi connectivity index (χ0) is 16.4. The van der Waals surface area contributed by atoms with Crippen LogP contribution in [0.3, 0.4) is 0 Å². The summed E-state index contributed by atoms with van der Waals surface area (Å²) in [7, 11) is 2.00. The third kappa shape index (κ3) is 2.84. The molecular formula is C20H25N3. The van der Waals surface area contributed by atoms with E-state index >= 15 is 0 Å². The molecule has 1 aromatic heterocycles. The minimum Gasteiger partial charge on any atom is -0.399 e. The van der Waals surface area contributed by atoms with Gasteiger partial charge in [-0.05, 0) is 61.7 Å². The third-order valence-corrected chi connectivity index (χ3v) is 4.64. The molecule has 0 aliphatic heterocycles. The number of aryl methyl sites for hydroxylation is 2. The number of hydrogen-bond acceptors (Lipinski definition) is 2. The van der Waals surface area contributed by atoms with Crippen LogP contribution in [0.15, 0.2) is 43.0 Å². The smallest absolute Gasteiger partial charge is 0.0494 e. The first-order valence-corrected chi connectivity index (χ1v) is 8.23. The van der Waals surface area contributed by atoms with Crippen molar-refractivity contribution in [3.8, 4) is 0 Å². The minimum absolute atomic E-state index is 0.621. The van der Waals surface area contributed by atoms with Crippen LogP contribution in [0.5, 0.6) is 0 Å². The summed E-state index contributed by atoms with van der Waals surface area (Å²) >= 11 is 0. The molecule has 120 valence electrons. The Labute approximate surface area is 138 Å². The van der Waals surface area contributed by atoms with Crippen LogP contribution in [0.1, 0.15) is 29.7 Å². The molecule has 0 atom stereocenters. The van der Waals surface area contributed by atoms with Crippen LogP contribution < -0.4 is 11.1 Å². The summed E-state index contributed by atoms with van der Waals surface area (Å²) in [5.41, 5.74) is 12.9. The second-order valence-corrected chi connectivity index (χ2v) is 6.15. The highest BCUT2D eigenvalue weighted by molar-refractivity contribution is 5.91. The van der Waals surface area contributed by atoms with Crippen molar-refractivity contribution in [3.63, 3.8) is 0 Å². The molecule has 0 saturated carbocycles. The van der Waals surface area contributed by atoms with E-state index in [2.05, 4.69) is 47.3 Å². The molecule has 1 aliphatic rings. The largest absolute Gasteiger partial charge is 0.399 e. The Morgan fingerprint density at radius 3 is 2.91 bits per heavy atom. The van der Waals surface area contributed by atoms with E-state index in [0.717, 1.165) is 37.9 Å². The van der Waals surface area contributed by atoms with E-state index in [9.17, 15) is 0 Å². The molecule has 0 spiro atoms. The van der Waals surface area contributed by atoms with Crippen molar-refractivity contribution in [1.82, 2.24) is 9.88 Å². The average Bonchev–Trinajstić information content (AvgIpc) is 2.87. The second-order valence-electron chi connectivity index (χ2n) is 6.15. The normalized spacial score (nSPS) is 13.7. The standard InChI is InChI=1S/C20H25N3/c1-4-15-6-8-17-18-9-7-16(14(2)21)13-20(18)23(19(17)12-15)11-5-10-22-3/h4,7,9,12-13,22H,1-2,5-6,8,10-11,21H2,3H3. The van der Waals surface area contributed by atoms with E-state index in [1.807, 2.05) is 13.1 Å². The van der Waals surface area contributed by atoms with Crippen molar-refractivity contribution >= 4 is 22.7 Å². The summed E-state index contributed by atoms with van der Waals surface area (Å²) in [4.78, 5) is 0. The van der Waals surface area contributed by atoms with Crippen LogP contribution in [-0.4, -0.2) is 18.2 Å². The van der Waals surface area contributed by atoms with Crippen molar-refractivity contribution in [2.45, 2.75) is 25.8 Å². The number of allylic oxidation sites excluding steroid dienone is 2. The molecule has 3 nitrogen and oxygen atoms in total. The fraction of sp³-hybridized carbons (Fsp3) is 0.300. The average molecular weight is 307 g/mol. The monoisotopic (exact) mass is 307 g/mol. The number of aromatic nitrogens is 1. The zero-order valence-corrected chi connectivity index (χ0v) is 13.9. The topological polar surface area (TPSA) is 43.0 Å². The van der Waals surface area contributed by atoms with Gasteiger partial charge in [-0.15, -0.1) is 0 Å². The van der Waals surface area contributed by atoms with Gasteiger partial charge in [0.05, 0.1) is 0 Å². The van der Waals surface area contributed by atoms with Gasteiger partial charge in [0.25, 0.3) is 0 Å². The lowest BCUT2D eigenvalue weighted by Crippen LogP contribution is -2.12. The summed E-state index contributed by atoms with van der Waals surface area (Å²) in [5, 5.41) is 4.57. The molecule has 3 rings (SSSR count). The maximum absolute atomic E-state index is 5.90. The van der Waals surface area contributed by atoms with Crippen LogP contribution in [-0.2, 0) is 13.0 Å². The number of nitrogens with one attached hydrogen (secondary N) is 1. The summed E-state index contributed by atoms with van der Waals surface area (Å²) in [6.45, 7) is 9.82. The maximum atomic E-state index is 5.90. The van der Waals surface area contributed by atoms with E-state index in [1.165, 1.54) is 27.7 Å². The van der Waals surface area contributed by atoms with Gasteiger partial charge in [0, 0.05) is 28.8 Å². The Kier molecular flexibility index (Phi) is 4.39. The van der Waals surface area contributed by atoms with Gasteiger partial charge in [-0.3, -0.25) is 0 Å². The number of benzene rings is 1. The first-order valence-electron chi connectivity index (χ1n) is 8.23. The SMILES string of the molecule is C=CC1=Cc2c(c3ccc(C(=C)N)cc3n2CCCNC)CC1. The number of nitrogens with zero attached hydrogens (tertiary/aromatic N) is 1. The van der Waals surface area contributed by atoms with Crippen molar-refractivity contribution < 1.29 is 0 Å². The van der Waals surface area contributed by atoms with Crippen molar-refractivity contribution in [2.75, 3.05) is 13.6 Å². The fourth-order valence-corrected chi connectivity index (χ4v) is 3.40. The number of nitrogens with two attached hydrogens (primary N) is 1. The summed E-state index contributed by atoms with van der Waals surface area (Å²) < 4.78 is 2.43. The highest BCUT2D eigenvalue weighted by atomic mass is 15.0. The van der Waals surface area contributed by atoms with E-state index in [1.54, 1.807) is 0 Å². The predicted octanol–water partition coefficient (Wildman–Crippen LogP) is 3.70. The predicted molar refractivity (Wildman–Crippen MR) is 100 cm³/mol. The van der Waals surface area contributed by atoms with Crippen molar-refractivity contribution in [2.24, 2.45) is 5.73 Å². The number of fused-ring (bicyclic) bond motifs is 3. The Hall–Kier alpha value is -2.26. The Morgan fingerprint density at radius 2 is 2.22 bits per heavy atom. The molecule has 0 fully saturated rings. The Morgan fingerprint density at radius 1 is 1.39 bits per heavy atom. The molecule has 2 aromatic rings. The fourth-order valence-electron chi connectivity index (χ4n) is 3.40. The first-order chi connectivity index (χ1) is 11.2. The van der Waals surface area contributed by atoms with E-state index in [4.69, 9.17) is 5.73 Å². The highest BCUT2D eigenvalue weighted by Crippen LogP contribution is 2.34. The number of hydrogen-bond donors (Lipinski definition) is 2. The molecule has 3 N–H and O–H groups in total. The molecule has 3 heteroatoms. The van der Waals surface area contributed by atoms with Gasteiger partial charge in [0.2, 0.25) is 0 Å². The maximum Gasteiger partial charge on any atom is 0.0494 e. The summed E-state index contributed by atoms with van der Waals surface area (Å²) in [6, 6.07) is 6.45. The van der Waals surface area contributed by atoms with Crippen LogP contribution in [0.25, 0.3) is 22.7 Å². The second kappa shape index (κ2) is 6.47. The lowest BCUT2D eigenvalue weighted by Gasteiger charge is -2.14. The van der Waals surface area contributed by atoms with Gasteiger partial charge < -0.3 is 15.6 Å². The van der Waals surface area contributed by atoms with Crippen LogP contribution >= 0.6 is 0 Å². The van der Waals surface area contributed by atoms with Crippen molar-refractivity contribution in [3.05, 3.63) is 59.8 Å². The van der Waals surface area contributed by atoms with Crippen LogP contribution in [0, 0.1) is 0 Å². The van der Waals surface area contributed by atoms with Gasteiger partial charge in [-0.25, -0.2) is 0 Å². The summed E-state index contributed by atoms with van der Waals surface area (Å²) in [6.07, 6.45) is 7.51. The molecule has 0 saturated heterocycles. The molecule has 0 bridgehead atoms. The molecule has 23 heavy (non-hydrogen) atoms. The molecular weight excluding hydrogens is 282 g/mol. The Balaban J connectivity index is 2.18. The molecule has 0 radical (unpaired) electrons. The summed E-state index contributed by atoms with van der Waals surface area (Å²) in [5.74, 6) is 0. The minimum atomic E-state index is 0.621. The first kappa shape index (κ1) is 15.6. The number of rotatable bonds is 6. The van der Waals surface area contributed by atoms with E-state index in [0.29, 0.717) is 5.70 Å². The van der Waals surface area contributed by atoms with Crippen LogP contribution in [0.4, 0.5) is 0 Å². The quantitative estimate of drug-likeness (QED) is 0.799. The van der Waals surface area contributed by atoms with Crippen molar-refractivity contribution in [1.29, 1.82) is 0 Å². The zero-order valence-electron chi connectivity index (χ0n) is 13.9. The molecule has 0 unspecified atom stereocenters. The molecule has 1 heterocycles. The van der Waals surface area contributed by atoms with Gasteiger partial charge in [0.15, 0.2) is 0 Å². The molecule has 0 amide bonds. The van der Waals surface area contributed by atoms with Gasteiger partial charge >= 0.3 is 0 Å². The van der Waals surface area contributed by atoms with E-state index < -0.39 is 0 Å². The molecule has 1 aliphatic carbocycles. The Bertz CT molecular complexity index is 793. The van der Waals surface area contributed by atoms with Crippen LogP contribution in [0.2, 0.25) is 0 Å².